The van der Waals surface area contributed by atoms with Gasteiger partial charge in [0.1, 0.15) is 17.2 Å². The van der Waals surface area contributed by atoms with Crippen molar-refractivity contribution in [3.05, 3.63) is 62.6 Å². The van der Waals surface area contributed by atoms with Gasteiger partial charge in [-0.25, -0.2) is 8.78 Å². The number of carbonyl (C=O) groups is 2. The Kier molecular flexibility index (Phi) is 5.49. The van der Waals surface area contributed by atoms with E-state index in [0.29, 0.717) is 18.4 Å². The molecule has 4 rings (SSSR count). The normalized spacial score (nSPS) is 22.3. The number of nitrogens with zero attached hydrogens (tertiary/aromatic N) is 2. The molecule has 2 aliphatic rings. The van der Waals surface area contributed by atoms with Gasteiger partial charge in [-0.1, -0.05) is 0 Å². The molecule has 2 amide bonds. The monoisotopic (exact) mass is 447 g/mol. The highest BCUT2D eigenvalue weighted by atomic mass is 19.1. The lowest BCUT2D eigenvalue weighted by atomic mass is 10.0. The number of aromatic hydroxyl groups is 1. The SMILES string of the molecule is Cc1cc(F)c(CNC(=O)c2cn3c(c(O)c2=O)C(=O)N2C[C@@H]3[C@H](O)CC[C@@H]2C)c(F)c1. The Morgan fingerprint density at radius 3 is 2.53 bits per heavy atom. The second kappa shape index (κ2) is 8.01. The number of aliphatic hydroxyl groups excluding tert-OH is 1. The number of fused-ring (bicyclic) bond motifs is 4. The third kappa shape index (κ3) is 3.54. The van der Waals surface area contributed by atoms with E-state index >= 15 is 0 Å². The predicted octanol–water partition coefficient (Wildman–Crippen LogP) is 1.61. The van der Waals surface area contributed by atoms with Crippen LogP contribution in [0, 0.1) is 18.6 Å². The minimum atomic E-state index is -1.08. The van der Waals surface area contributed by atoms with Crippen LogP contribution in [0.25, 0.3) is 0 Å². The molecule has 1 fully saturated rings. The maximum Gasteiger partial charge on any atom is 0.274 e. The minimum Gasteiger partial charge on any atom is -0.503 e. The fourth-order valence-corrected chi connectivity index (χ4v) is 4.37. The van der Waals surface area contributed by atoms with Gasteiger partial charge in [0.2, 0.25) is 5.43 Å². The number of nitrogens with one attached hydrogen (secondary N) is 1. The summed E-state index contributed by atoms with van der Waals surface area (Å²) < 4.78 is 29.4. The van der Waals surface area contributed by atoms with E-state index in [1.165, 1.54) is 16.4 Å². The molecule has 1 aromatic heterocycles. The molecule has 0 spiro atoms. The highest BCUT2D eigenvalue weighted by molar-refractivity contribution is 5.99. The molecule has 0 aliphatic carbocycles. The molecule has 1 saturated heterocycles. The van der Waals surface area contributed by atoms with Gasteiger partial charge in [-0.15, -0.1) is 0 Å². The van der Waals surface area contributed by atoms with Gasteiger partial charge < -0.3 is 25.0 Å². The summed E-state index contributed by atoms with van der Waals surface area (Å²) in [5, 5.41) is 23.4. The van der Waals surface area contributed by atoms with Crippen molar-refractivity contribution in [3.63, 3.8) is 0 Å². The Bertz CT molecular complexity index is 1160. The first-order valence-corrected chi connectivity index (χ1v) is 10.3. The second-order valence-electron chi connectivity index (χ2n) is 8.38. The Morgan fingerprint density at radius 1 is 1.22 bits per heavy atom. The summed E-state index contributed by atoms with van der Waals surface area (Å²) in [7, 11) is 0. The van der Waals surface area contributed by atoms with Gasteiger partial charge in [0, 0.05) is 30.9 Å². The zero-order valence-electron chi connectivity index (χ0n) is 17.6. The molecule has 8 nitrogen and oxygen atoms in total. The van der Waals surface area contributed by atoms with Gasteiger partial charge in [-0.3, -0.25) is 14.4 Å². The van der Waals surface area contributed by atoms with Crippen molar-refractivity contribution in [3.8, 4) is 5.75 Å². The number of hydrogen-bond donors (Lipinski definition) is 3. The van der Waals surface area contributed by atoms with Crippen LogP contribution in [0.1, 0.15) is 57.8 Å². The molecule has 0 unspecified atom stereocenters. The number of halogens is 2. The molecule has 10 heteroatoms. The maximum atomic E-state index is 14.1. The van der Waals surface area contributed by atoms with Crippen LogP contribution in [-0.2, 0) is 6.54 Å². The van der Waals surface area contributed by atoms with E-state index in [-0.39, 0.29) is 23.8 Å². The highest BCUT2D eigenvalue weighted by Gasteiger charge is 2.42. The maximum absolute atomic E-state index is 14.1. The van der Waals surface area contributed by atoms with Crippen molar-refractivity contribution < 1.29 is 28.6 Å². The zero-order valence-corrected chi connectivity index (χ0v) is 17.6. The molecule has 1 aromatic carbocycles. The lowest BCUT2D eigenvalue weighted by molar-refractivity contribution is 0.0503. The molecule has 2 aliphatic heterocycles. The Labute approximate surface area is 182 Å². The number of pyridine rings is 1. The van der Waals surface area contributed by atoms with Crippen LogP contribution in [0.4, 0.5) is 8.78 Å². The van der Waals surface area contributed by atoms with Gasteiger partial charge in [0.15, 0.2) is 11.4 Å². The van der Waals surface area contributed by atoms with E-state index in [1.807, 2.05) is 6.92 Å². The largest absolute Gasteiger partial charge is 0.503 e. The van der Waals surface area contributed by atoms with Crippen molar-refractivity contribution in [2.24, 2.45) is 0 Å². The number of aryl methyl sites for hydroxylation is 1. The number of rotatable bonds is 3. The van der Waals surface area contributed by atoms with E-state index in [2.05, 4.69) is 5.32 Å². The molecule has 0 radical (unpaired) electrons. The van der Waals surface area contributed by atoms with Crippen molar-refractivity contribution in [2.75, 3.05) is 6.54 Å². The third-order valence-corrected chi connectivity index (χ3v) is 6.23. The van der Waals surface area contributed by atoms with Crippen LogP contribution in [0.15, 0.2) is 23.1 Å². The smallest absolute Gasteiger partial charge is 0.274 e. The molecular formula is C22H23F2N3O5. The number of amides is 2. The molecule has 2 bridgehead atoms. The Morgan fingerprint density at radius 2 is 1.88 bits per heavy atom. The van der Waals surface area contributed by atoms with E-state index in [0.717, 1.165) is 18.3 Å². The summed E-state index contributed by atoms with van der Waals surface area (Å²) in [5.74, 6) is -4.10. The van der Waals surface area contributed by atoms with E-state index in [4.69, 9.17) is 0 Å². The quantitative estimate of drug-likeness (QED) is 0.662. The molecule has 3 atom stereocenters. The standard InChI is InChI=1S/C22H23F2N3O5/c1-10-5-14(23)12(15(24)6-10)7-25-21(31)13-8-27-16-9-26(11(2)3-4-17(16)28)22(32)18(27)20(30)19(13)29/h5-6,8,11,16-17,28,30H,3-4,7,9H2,1-2H3,(H,25,31)/t11-,16+,17+/m0/s1. The number of aliphatic hydroxyl groups is 1. The van der Waals surface area contributed by atoms with Crippen LogP contribution in [0.2, 0.25) is 0 Å². The van der Waals surface area contributed by atoms with E-state index < -0.39 is 58.9 Å². The molecule has 170 valence electrons. The molecule has 2 aromatic rings. The first-order chi connectivity index (χ1) is 15.1. The van der Waals surface area contributed by atoms with Crippen LogP contribution < -0.4 is 10.7 Å². The first-order valence-electron chi connectivity index (χ1n) is 10.3. The van der Waals surface area contributed by atoms with E-state index in [9.17, 15) is 33.4 Å². The molecule has 3 N–H and O–H groups in total. The molecular weight excluding hydrogens is 424 g/mol. The topological polar surface area (TPSA) is 112 Å². The van der Waals surface area contributed by atoms with Crippen molar-refractivity contribution in [1.82, 2.24) is 14.8 Å². The number of carbonyl (C=O) groups excluding carboxylic acids is 2. The van der Waals surface area contributed by atoms with Gasteiger partial charge in [0.25, 0.3) is 11.8 Å². The van der Waals surface area contributed by atoms with Gasteiger partial charge in [0.05, 0.1) is 12.1 Å². The summed E-state index contributed by atoms with van der Waals surface area (Å²) in [6.07, 6.45) is 1.20. The number of hydrogen-bond acceptors (Lipinski definition) is 5. The summed E-state index contributed by atoms with van der Waals surface area (Å²) >= 11 is 0. The van der Waals surface area contributed by atoms with E-state index in [1.54, 1.807) is 0 Å². The lowest BCUT2D eigenvalue weighted by Crippen LogP contribution is -2.49. The minimum absolute atomic E-state index is 0.164. The fourth-order valence-electron chi connectivity index (χ4n) is 4.37. The first kappa shape index (κ1) is 21.9. The molecule has 3 heterocycles. The zero-order chi connectivity index (χ0) is 23.3. The fraction of sp³-hybridized carbons (Fsp3) is 0.409. The predicted molar refractivity (Wildman–Crippen MR) is 109 cm³/mol. The molecule has 32 heavy (non-hydrogen) atoms. The van der Waals surface area contributed by atoms with Crippen LogP contribution in [0.3, 0.4) is 0 Å². The van der Waals surface area contributed by atoms with Gasteiger partial charge in [-0.2, -0.15) is 0 Å². The van der Waals surface area contributed by atoms with Crippen LogP contribution in [0.5, 0.6) is 5.75 Å². The number of benzene rings is 1. The second-order valence-corrected chi connectivity index (χ2v) is 8.38. The van der Waals surface area contributed by atoms with Crippen molar-refractivity contribution in [1.29, 1.82) is 0 Å². The summed E-state index contributed by atoms with van der Waals surface area (Å²) in [6.45, 7) is 2.99. The van der Waals surface area contributed by atoms with Crippen LogP contribution in [-0.4, -0.2) is 50.2 Å². The van der Waals surface area contributed by atoms with Gasteiger partial charge >= 0.3 is 0 Å². The Hall–Kier alpha value is -3.27. The third-order valence-electron chi connectivity index (χ3n) is 6.23. The average molecular weight is 447 g/mol. The number of aromatic nitrogens is 1. The lowest BCUT2D eigenvalue weighted by Gasteiger charge is -2.38. The molecule has 0 saturated carbocycles. The van der Waals surface area contributed by atoms with Crippen LogP contribution >= 0.6 is 0 Å². The van der Waals surface area contributed by atoms with Gasteiger partial charge in [-0.05, 0) is 44.4 Å². The highest BCUT2D eigenvalue weighted by Crippen LogP contribution is 2.34. The van der Waals surface area contributed by atoms with Crippen molar-refractivity contribution >= 4 is 11.8 Å². The summed E-state index contributed by atoms with van der Waals surface area (Å²) in [6, 6.07) is 1.40. The Balaban J connectivity index is 1.70. The summed E-state index contributed by atoms with van der Waals surface area (Å²) in [5.41, 5.74) is -1.85. The summed E-state index contributed by atoms with van der Waals surface area (Å²) in [4.78, 5) is 39.8. The average Bonchev–Trinajstić information content (AvgIpc) is 2.85. The van der Waals surface area contributed by atoms with Crippen molar-refractivity contribution in [2.45, 2.75) is 51.4 Å².